The van der Waals surface area contributed by atoms with Crippen molar-refractivity contribution >= 4 is 17.5 Å². The molecule has 2 amide bonds. The van der Waals surface area contributed by atoms with Crippen LogP contribution in [0, 0.1) is 0 Å². The molecule has 170 valence electrons. The Bertz CT molecular complexity index is 993. The summed E-state index contributed by atoms with van der Waals surface area (Å²) in [6.07, 6.45) is 0.448. The van der Waals surface area contributed by atoms with Crippen LogP contribution >= 0.6 is 0 Å². The number of hydrogen-bond acceptors (Lipinski definition) is 3. The van der Waals surface area contributed by atoms with Gasteiger partial charge in [-0.1, -0.05) is 78.9 Å². The average Bonchev–Trinajstić information content (AvgIpc) is 2.88. The van der Waals surface area contributed by atoms with Gasteiger partial charge in [-0.25, -0.2) is 0 Å². The summed E-state index contributed by atoms with van der Waals surface area (Å²) in [7, 11) is 1.81. The number of hydrogen-bond donors (Lipinski definition) is 0. The van der Waals surface area contributed by atoms with E-state index < -0.39 is 0 Å². The summed E-state index contributed by atoms with van der Waals surface area (Å²) in [5.41, 5.74) is 3.21. The SMILES string of the molecule is CN(C(=O)CN1CCN(C(=O)CC(c2ccccc2)c2ccccc2)CC1)c1ccccc1. The van der Waals surface area contributed by atoms with Gasteiger partial charge in [0.15, 0.2) is 0 Å². The maximum atomic E-state index is 13.2. The Morgan fingerprint density at radius 2 is 1.24 bits per heavy atom. The van der Waals surface area contributed by atoms with Crippen LogP contribution in [0.25, 0.3) is 0 Å². The monoisotopic (exact) mass is 441 g/mol. The fourth-order valence-corrected chi connectivity index (χ4v) is 4.35. The van der Waals surface area contributed by atoms with Crippen molar-refractivity contribution in [2.75, 3.05) is 44.7 Å². The summed E-state index contributed by atoms with van der Waals surface area (Å²) in [6, 6.07) is 30.2. The minimum atomic E-state index is 0.0408. The minimum Gasteiger partial charge on any atom is -0.340 e. The molecule has 0 N–H and O–H groups in total. The molecule has 1 aliphatic rings. The molecule has 1 heterocycles. The molecule has 0 spiro atoms. The minimum absolute atomic E-state index is 0.0408. The molecule has 1 aliphatic heterocycles. The molecule has 0 radical (unpaired) electrons. The van der Waals surface area contributed by atoms with Crippen molar-refractivity contribution in [1.82, 2.24) is 9.80 Å². The molecule has 33 heavy (non-hydrogen) atoms. The first kappa shape index (κ1) is 22.7. The van der Waals surface area contributed by atoms with E-state index in [4.69, 9.17) is 0 Å². The Morgan fingerprint density at radius 1 is 0.758 bits per heavy atom. The summed E-state index contributed by atoms with van der Waals surface area (Å²) >= 11 is 0. The summed E-state index contributed by atoms with van der Waals surface area (Å²) < 4.78 is 0. The van der Waals surface area contributed by atoms with Gasteiger partial charge in [0.1, 0.15) is 0 Å². The molecular weight excluding hydrogens is 410 g/mol. The standard InChI is InChI=1S/C28H31N3O2/c1-29(25-15-9-4-10-16-25)28(33)22-30-17-19-31(20-18-30)27(32)21-26(23-11-5-2-6-12-23)24-13-7-3-8-14-24/h2-16,26H,17-22H2,1H3. The molecule has 0 saturated carbocycles. The van der Waals surface area contributed by atoms with Gasteiger partial charge in [0.2, 0.25) is 11.8 Å². The third kappa shape index (κ3) is 5.88. The van der Waals surface area contributed by atoms with Crippen molar-refractivity contribution in [1.29, 1.82) is 0 Å². The summed E-state index contributed by atoms with van der Waals surface area (Å²) in [6.45, 7) is 3.09. The number of likely N-dealkylation sites (N-methyl/N-ethyl adjacent to an activating group) is 1. The molecule has 5 heteroatoms. The van der Waals surface area contributed by atoms with Crippen molar-refractivity contribution in [2.24, 2.45) is 0 Å². The summed E-state index contributed by atoms with van der Waals surface area (Å²) in [4.78, 5) is 31.7. The predicted octanol–water partition coefficient (Wildman–Crippen LogP) is 4.02. The molecular formula is C28H31N3O2. The molecule has 3 aromatic rings. The van der Waals surface area contributed by atoms with Crippen molar-refractivity contribution in [3.63, 3.8) is 0 Å². The molecule has 0 unspecified atom stereocenters. The van der Waals surface area contributed by atoms with Gasteiger partial charge in [0.05, 0.1) is 6.54 Å². The largest absolute Gasteiger partial charge is 0.340 e. The quantitative estimate of drug-likeness (QED) is 0.556. The Hall–Kier alpha value is -3.44. The van der Waals surface area contributed by atoms with Gasteiger partial charge in [-0.05, 0) is 23.3 Å². The molecule has 1 saturated heterocycles. The van der Waals surface area contributed by atoms with Gasteiger partial charge < -0.3 is 9.80 Å². The van der Waals surface area contributed by atoms with E-state index in [-0.39, 0.29) is 17.7 Å². The van der Waals surface area contributed by atoms with Crippen LogP contribution in [0.3, 0.4) is 0 Å². The lowest BCUT2D eigenvalue weighted by molar-refractivity contribution is -0.133. The van der Waals surface area contributed by atoms with Gasteiger partial charge in [0.25, 0.3) is 0 Å². The maximum Gasteiger partial charge on any atom is 0.240 e. The van der Waals surface area contributed by atoms with Crippen LogP contribution in [-0.2, 0) is 9.59 Å². The number of nitrogens with zero attached hydrogens (tertiary/aromatic N) is 3. The second-order valence-electron chi connectivity index (χ2n) is 8.52. The number of piperazine rings is 1. The van der Waals surface area contributed by atoms with E-state index in [9.17, 15) is 9.59 Å². The Labute approximate surface area is 196 Å². The highest BCUT2D eigenvalue weighted by Crippen LogP contribution is 2.28. The first-order valence-electron chi connectivity index (χ1n) is 11.5. The third-order valence-corrected chi connectivity index (χ3v) is 6.38. The van der Waals surface area contributed by atoms with Crippen LogP contribution in [0.4, 0.5) is 5.69 Å². The first-order chi connectivity index (χ1) is 16.1. The molecule has 0 aliphatic carbocycles. The van der Waals surface area contributed by atoms with Gasteiger partial charge in [0, 0.05) is 51.3 Å². The molecule has 0 bridgehead atoms. The summed E-state index contributed by atoms with van der Waals surface area (Å²) in [5, 5.41) is 0. The molecule has 0 atom stereocenters. The molecule has 3 aromatic carbocycles. The zero-order valence-corrected chi connectivity index (χ0v) is 19.1. The number of para-hydroxylation sites is 1. The second kappa shape index (κ2) is 10.9. The van der Waals surface area contributed by atoms with Crippen LogP contribution in [0.15, 0.2) is 91.0 Å². The van der Waals surface area contributed by atoms with Gasteiger partial charge >= 0.3 is 0 Å². The van der Waals surface area contributed by atoms with Gasteiger partial charge in [-0.15, -0.1) is 0 Å². The molecule has 4 rings (SSSR count). The lowest BCUT2D eigenvalue weighted by atomic mass is 9.88. The van der Waals surface area contributed by atoms with E-state index in [1.54, 1.807) is 4.90 Å². The third-order valence-electron chi connectivity index (χ3n) is 6.38. The fourth-order valence-electron chi connectivity index (χ4n) is 4.35. The van der Waals surface area contributed by atoms with E-state index in [0.717, 1.165) is 16.8 Å². The van der Waals surface area contributed by atoms with Crippen molar-refractivity contribution < 1.29 is 9.59 Å². The predicted molar refractivity (Wildman–Crippen MR) is 132 cm³/mol. The zero-order valence-electron chi connectivity index (χ0n) is 19.1. The summed E-state index contributed by atoms with van der Waals surface area (Å²) in [5.74, 6) is 0.272. The average molecular weight is 442 g/mol. The smallest absolute Gasteiger partial charge is 0.240 e. The lowest BCUT2D eigenvalue weighted by Crippen LogP contribution is -2.51. The first-order valence-corrected chi connectivity index (χ1v) is 11.5. The van der Waals surface area contributed by atoms with Crippen molar-refractivity contribution in [2.45, 2.75) is 12.3 Å². The van der Waals surface area contributed by atoms with Crippen LogP contribution < -0.4 is 4.90 Å². The Kier molecular flexibility index (Phi) is 7.53. The highest BCUT2D eigenvalue weighted by atomic mass is 16.2. The number of benzene rings is 3. The number of anilines is 1. The molecule has 5 nitrogen and oxygen atoms in total. The van der Waals surface area contributed by atoms with E-state index in [2.05, 4.69) is 29.2 Å². The zero-order chi connectivity index (χ0) is 23.0. The highest BCUT2D eigenvalue weighted by molar-refractivity contribution is 5.94. The normalized spacial score (nSPS) is 14.3. The highest BCUT2D eigenvalue weighted by Gasteiger charge is 2.26. The second-order valence-corrected chi connectivity index (χ2v) is 8.52. The topological polar surface area (TPSA) is 43.9 Å². The van der Waals surface area contributed by atoms with Crippen molar-refractivity contribution in [3.8, 4) is 0 Å². The molecule has 0 aromatic heterocycles. The van der Waals surface area contributed by atoms with Crippen LogP contribution in [-0.4, -0.2) is 61.4 Å². The van der Waals surface area contributed by atoms with Gasteiger partial charge in [-0.2, -0.15) is 0 Å². The number of carbonyl (C=O) groups excluding carboxylic acids is 2. The van der Waals surface area contributed by atoms with E-state index >= 15 is 0 Å². The van der Waals surface area contributed by atoms with E-state index in [1.165, 1.54) is 0 Å². The van der Waals surface area contributed by atoms with Gasteiger partial charge in [-0.3, -0.25) is 14.5 Å². The van der Waals surface area contributed by atoms with Crippen LogP contribution in [0.1, 0.15) is 23.5 Å². The Morgan fingerprint density at radius 3 is 1.76 bits per heavy atom. The number of carbonyl (C=O) groups is 2. The molecule has 1 fully saturated rings. The van der Waals surface area contributed by atoms with Crippen LogP contribution in [0.5, 0.6) is 0 Å². The van der Waals surface area contributed by atoms with E-state index in [0.29, 0.717) is 39.1 Å². The number of amides is 2. The van der Waals surface area contributed by atoms with Crippen molar-refractivity contribution in [3.05, 3.63) is 102 Å². The van der Waals surface area contributed by atoms with Crippen LogP contribution in [0.2, 0.25) is 0 Å². The Balaban J connectivity index is 1.33. The maximum absolute atomic E-state index is 13.2. The lowest BCUT2D eigenvalue weighted by Gasteiger charge is -2.35. The fraction of sp³-hybridized carbons (Fsp3) is 0.286. The van der Waals surface area contributed by atoms with E-state index in [1.807, 2.05) is 78.7 Å². The number of rotatable bonds is 7.